The van der Waals surface area contributed by atoms with Crippen LogP contribution in [0, 0.1) is 10.1 Å². The van der Waals surface area contributed by atoms with E-state index in [1.165, 1.54) is 15.6 Å². The second-order valence-electron chi connectivity index (χ2n) is 4.00. The van der Waals surface area contributed by atoms with Gasteiger partial charge in [-0.15, -0.1) is 11.3 Å². The van der Waals surface area contributed by atoms with Gasteiger partial charge in [0, 0.05) is 15.8 Å². The zero-order valence-corrected chi connectivity index (χ0v) is 11.0. The summed E-state index contributed by atoms with van der Waals surface area (Å²) in [5.41, 5.74) is -0.275. The Balaban J connectivity index is 2.32. The van der Waals surface area contributed by atoms with Gasteiger partial charge in [-0.1, -0.05) is 6.92 Å². The minimum Gasteiger partial charge on any atom is -0.477 e. The standard InChI is InChI=1S/C12H12N2O4S/c1-2-9-3-4-10(19-9)7-13-6-8(14(17)18)5-11(13)12(15)16/h3-6H,2,7H2,1H3,(H,15,16). The Morgan fingerprint density at radius 3 is 2.68 bits per heavy atom. The van der Waals surface area contributed by atoms with Gasteiger partial charge in [0.1, 0.15) is 5.69 Å². The molecule has 7 heteroatoms. The van der Waals surface area contributed by atoms with Gasteiger partial charge in [-0.3, -0.25) is 10.1 Å². The molecule has 0 saturated heterocycles. The van der Waals surface area contributed by atoms with E-state index >= 15 is 0 Å². The predicted molar refractivity (Wildman–Crippen MR) is 70.8 cm³/mol. The smallest absolute Gasteiger partial charge is 0.352 e. The monoisotopic (exact) mass is 280 g/mol. The molecule has 0 atom stereocenters. The second kappa shape index (κ2) is 5.23. The molecular weight excluding hydrogens is 268 g/mol. The average molecular weight is 280 g/mol. The molecule has 0 fully saturated rings. The number of nitro groups is 1. The summed E-state index contributed by atoms with van der Waals surface area (Å²) in [5, 5.41) is 19.7. The summed E-state index contributed by atoms with van der Waals surface area (Å²) in [4.78, 5) is 23.4. The third-order valence-electron chi connectivity index (χ3n) is 2.70. The highest BCUT2D eigenvalue weighted by Crippen LogP contribution is 2.22. The van der Waals surface area contributed by atoms with Crippen molar-refractivity contribution < 1.29 is 14.8 Å². The maximum Gasteiger partial charge on any atom is 0.352 e. The first kappa shape index (κ1) is 13.3. The molecule has 2 rings (SSSR count). The van der Waals surface area contributed by atoms with E-state index in [9.17, 15) is 14.9 Å². The molecule has 0 saturated carbocycles. The van der Waals surface area contributed by atoms with Gasteiger partial charge in [0.2, 0.25) is 0 Å². The number of hydrogen-bond acceptors (Lipinski definition) is 4. The number of aromatic carboxylic acids is 1. The van der Waals surface area contributed by atoms with Gasteiger partial charge in [0.15, 0.2) is 0 Å². The van der Waals surface area contributed by atoms with Crippen LogP contribution in [0.2, 0.25) is 0 Å². The van der Waals surface area contributed by atoms with Crippen molar-refractivity contribution in [1.29, 1.82) is 0 Å². The van der Waals surface area contributed by atoms with Crippen molar-refractivity contribution in [2.45, 2.75) is 19.9 Å². The summed E-state index contributed by atoms with van der Waals surface area (Å²) in [6.45, 7) is 2.37. The number of hydrogen-bond donors (Lipinski definition) is 1. The van der Waals surface area contributed by atoms with Gasteiger partial charge in [0.25, 0.3) is 5.69 Å². The summed E-state index contributed by atoms with van der Waals surface area (Å²) in [5.74, 6) is -1.17. The van der Waals surface area contributed by atoms with Crippen LogP contribution in [-0.2, 0) is 13.0 Å². The van der Waals surface area contributed by atoms with Crippen LogP contribution in [0.4, 0.5) is 5.69 Å². The molecule has 0 aliphatic rings. The largest absolute Gasteiger partial charge is 0.477 e. The Bertz CT molecular complexity index is 629. The van der Waals surface area contributed by atoms with Crippen LogP contribution in [0.5, 0.6) is 0 Å². The number of aromatic nitrogens is 1. The van der Waals surface area contributed by atoms with Gasteiger partial charge in [-0.2, -0.15) is 0 Å². The Morgan fingerprint density at radius 2 is 2.16 bits per heavy atom. The van der Waals surface area contributed by atoms with Crippen molar-refractivity contribution in [3.8, 4) is 0 Å². The van der Waals surface area contributed by atoms with E-state index in [0.717, 1.165) is 17.4 Å². The van der Waals surface area contributed by atoms with Crippen molar-refractivity contribution in [3.05, 3.63) is 50.0 Å². The lowest BCUT2D eigenvalue weighted by atomic mass is 10.3. The van der Waals surface area contributed by atoms with E-state index in [2.05, 4.69) is 0 Å². The molecule has 0 spiro atoms. The first-order chi connectivity index (χ1) is 9.01. The van der Waals surface area contributed by atoms with Crippen LogP contribution in [0.15, 0.2) is 24.4 Å². The average Bonchev–Trinajstić information content (AvgIpc) is 2.96. The van der Waals surface area contributed by atoms with Crippen LogP contribution >= 0.6 is 11.3 Å². The van der Waals surface area contributed by atoms with Crippen LogP contribution in [-0.4, -0.2) is 20.6 Å². The van der Waals surface area contributed by atoms with Crippen molar-refractivity contribution in [1.82, 2.24) is 4.57 Å². The Morgan fingerprint density at radius 1 is 1.47 bits per heavy atom. The van der Waals surface area contributed by atoms with Crippen molar-refractivity contribution in [2.75, 3.05) is 0 Å². The van der Waals surface area contributed by atoms with Crippen LogP contribution < -0.4 is 0 Å². The molecule has 0 bridgehead atoms. The van der Waals surface area contributed by atoms with Gasteiger partial charge in [0.05, 0.1) is 17.7 Å². The zero-order chi connectivity index (χ0) is 14.0. The van der Waals surface area contributed by atoms with E-state index in [1.807, 2.05) is 19.1 Å². The highest BCUT2D eigenvalue weighted by Gasteiger charge is 2.19. The van der Waals surface area contributed by atoms with Crippen LogP contribution in [0.3, 0.4) is 0 Å². The predicted octanol–water partition coefficient (Wildman–Crippen LogP) is 2.77. The molecule has 19 heavy (non-hydrogen) atoms. The quantitative estimate of drug-likeness (QED) is 0.674. The molecule has 0 aliphatic carbocycles. The van der Waals surface area contributed by atoms with E-state index in [4.69, 9.17) is 5.11 Å². The Hall–Kier alpha value is -2.15. The summed E-state index contributed by atoms with van der Waals surface area (Å²) >= 11 is 1.58. The van der Waals surface area contributed by atoms with E-state index in [-0.39, 0.29) is 11.4 Å². The fourth-order valence-electron chi connectivity index (χ4n) is 1.77. The fourth-order valence-corrected chi connectivity index (χ4v) is 2.73. The maximum absolute atomic E-state index is 11.1. The summed E-state index contributed by atoms with van der Waals surface area (Å²) in [6.07, 6.45) is 2.18. The second-order valence-corrected chi connectivity index (χ2v) is 5.25. The SMILES string of the molecule is CCc1ccc(Cn2cc([N+](=O)[O-])cc2C(=O)O)s1. The van der Waals surface area contributed by atoms with Crippen molar-refractivity contribution in [3.63, 3.8) is 0 Å². The number of carbonyl (C=O) groups is 1. The Kier molecular flexibility index (Phi) is 3.66. The number of carboxylic acid groups (broad SMARTS) is 1. The minimum absolute atomic E-state index is 0.0712. The molecule has 2 heterocycles. The molecule has 0 amide bonds. The molecule has 6 nitrogen and oxygen atoms in total. The van der Waals surface area contributed by atoms with Crippen molar-refractivity contribution >= 4 is 23.0 Å². The highest BCUT2D eigenvalue weighted by molar-refractivity contribution is 7.11. The first-order valence-corrected chi connectivity index (χ1v) is 6.48. The molecule has 100 valence electrons. The molecule has 1 N–H and O–H groups in total. The maximum atomic E-state index is 11.1. The van der Waals surface area contributed by atoms with Gasteiger partial charge >= 0.3 is 5.97 Å². The van der Waals surface area contributed by atoms with Crippen LogP contribution in [0.1, 0.15) is 27.2 Å². The third-order valence-corrected chi connectivity index (χ3v) is 3.92. The summed E-state index contributed by atoms with van der Waals surface area (Å²) in [6, 6.07) is 4.98. The molecule has 0 aliphatic heterocycles. The molecule has 2 aromatic heterocycles. The summed E-state index contributed by atoms with van der Waals surface area (Å²) < 4.78 is 1.39. The number of rotatable bonds is 5. The van der Waals surface area contributed by atoms with E-state index in [1.54, 1.807) is 11.3 Å². The van der Waals surface area contributed by atoms with Gasteiger partial charge < -0.3 is 9.67 Å². The van der Waals surface area contributed by atoms with E-state index < -0.39 is 10.9 Å². The lowest BCUT2D eigenvalue weighted by Gasteiger charge is -2.02. The number of aryl methyl sites for hydroxylation is 1. The molecule has 2 aromatic rings. The lowest BCUT2D eigenvalue weighted by Crippen LogP contribution is -2.07. The van der Waals surface area contributed by atoms with Gasteiger partial charge in [-0.25, -0.2) is 4.79 Å². The van der Waals surface area contributed by atoms with Crippen LogP contribution in [0.25, 0.3) is 0 Å². The topological polar surface area (TPSA) is 85.4 Å². The highest BCUT2D eigenvalue weighted by atomic mass is 32.1. The fraction of sp³-hybridized carbons (Fsp3) is 0.250. The number of carboxylic acids is 1. The number of nitrogens with zero attached hydrogens (tertiary/aromatic N) is 2. The minimum atomic E-state index is -1.17. The van der Waals surface area contributed by atoms with E-state index in [0.29, 0.717) is 6.54 Å². The molecule has 0 radical (unpaired) electrons. The lowest BCUT2D eigenvalue weighted by molar-refractivity contribution is -0.384. The molecular formula is C12H12N2O4S. The molecule has 0 unspecified atom stereocenters. The zero-order valence-electron chi connectivity index (χ0n) is 10.2. The number of thiophene rings is 1. The molecule has 0 aromatic carbocycles. The summed E-state index contributed by atoms with van der Waals surface area (Å²) in [7, 11) is 0. The first-order valence-electron chi connectivity index (χ1n) is 5.66. The van der Waals surface area contributed by atoms with Crippen molar-refractivity contribution in [2.24, 2.45) is 0 Å². The third kappa shape index (κ3) is 2.82. The normalized spacial score (nSPS) is 10.6. The Labute approximate surface area is 113 Å². The van der Waals surface area contributed by atoms with Gasteiger partial charge in [-0.05, 0) is 18.6 Å².